The molecule has 0 aromatic heterocycles. The Hall–Kier alpha value is -2.04. The van der Waals surface area contributed by atoms with E-state index in [-0.39, 0.29) is 6.09 Å². The van der Waals surface area contributed by atoms with Gasteiger partial charge in [-0.2, -0.15) is 0 Å². The Bertz CT molecular complexity index is 596. The van der Waals surface area contributed by atoms with Crippen LogP contribution in [0.2, 0.25) is 0 Å². The summed E-state index contributed by atoms with van der Waals surface area (Å²) in [6.07, 6.45) is 0.673. The number of aliphatic imine (C=N–C) groups is 1. The van der Waals surface area contributed by atoms with Crippen molar-refractivity contribution in [2.45, 2.75) is 32.8 Å². The van der Waals surface area contributed by atoms with Gasteiger partial charge in [0.25, 0.3) is 0 Å². The summed E-state index contributed by atoms with van der Waals surface area (Å²) in [6.45, 7) is 8.68. The van der Waals surface area contributed by atoms with Crippen LogP contribution in [0.15, 0.2) is 29.3 Å². The number of hydrogen-bond acceptors (Lipinski definition) is 4. The Balaban J connectivity index is 1.56. The fourth-order valence-electron chi connectivity index (χ4n) is 2.77. The van der Waals surface area contributed by atoms with Crippen LogP contribution in [0.25, 0.3) is 0 Å². The molecule has 22 heavy (non-hydrogen) atoms. The lowest BCUT2D eigenvalue weighted by molar-refractivity contribution is 0.0186. The van der Waals surface area contributed by atoms with E-state index in [2.05, 4.69) is 23.1 Å². The van der Waals surface area contributed by atoms with E-state index in [1.807, 2.05) is 26.8 Å². The molecule has 2 heterocycles. The average molecular weight is 301 g/mol. The van der Waals surface area contributed by atoms with Crippen molar-refractivity contribution in [3.05, 3.63) is 29.8 Å². The Kier molecular flexibility index (Phi) is 3.81. The van der Waals surface area contributed by atoms with Crippen LogP contribution in [0, 0.1) is 0 Å². The molecule has 0 unspecified atom stereocenters. The summed E-state index contributed by atoms with van der Waals surface area (Å²) in [5.41, 5.74) is 1.92. The van der Waals surface area contributed by atoms with Crippen LogP contribution in [-0.4, -0.2) is 53.5 Å². The van der Waals surface area contributed by atoms with Gasteiger partial charge in [0.05, 0.1) is 5.69 Å². The Morgan fingerprint density at radius 2 is 1.82 bits per heavy atom. The highest BCUT2D eigenvalue weighted by molar-refractivity contribution is 5.92. The van der Waals surface area contributed by atoms with Gasteiger partial charge in [-0.3, -0.25) is 0 Å². The summed E-state index contributed by atoms with van der Waals surface area (Å²) in [6, 6.07) is 8.26. The highest BCUT2D eigenvalue weighted by Gasteiger charge is 2.28. The van der Waals surface area contributed by atoms with Crippen molar-refractivity contribution in [1.82, 2.24) is 9.80 Å². The van der Waals surface area contributed by atoms with E-state index >= 15 is 0 Å². The van der Waals surface area contributed by atoms with E-state index in [1.54, 1.807) is 4.90 Å². The number of amides is 1. The Morgan fingerprint density at radius 1 is 1.14 bits per heavy atom. The largest absolute Gasteiger partial charge is 0.444 e. The lowest BCUT2D eigenvalue weighted by Crippen LogP contribution is -2.51. The minimum absolute atomic E-state index is 0.219. The van der Waals surface area contributed by atoms with Crippen LogP contribution >= 0.6 is 0 Å². The molecular formula is C17H23N3O2. The van der Waals surface area contributed by atoms with Gasteiger partial charge in [-0.05, 0) is 32.4 Å². The summed E-state index contributed by atoms with van der Waals surface area (Å²) in [7, 11) is 0. The van der Waals surface area contributed by atoms with Gasteiger partial charge in [-0.25, -0.2) is 9.79 Å². The topological polar surface area (TPSA) is 45.1 Å². The van der Waals surface area contributed by atoms with Crippen molar-refractivity contribution < 1.29 is 9.53 Å². The van der Waals surface area contributed by atoms with Crippen LogP contribution in [-0.2, 0) is 11.2 Å². The van der Waals surface area contributed by atoms with Crippen molar-refractivity contribution in [2.24, 2.45) is 4.99 Å². The zero-order valence-corrected chi connectivity index (χ0v) is 13.5. The molecule has 0 N–H and O–H groups in total. The molecule has 0 spiro atoms. The first-order valence-electron chi connectivity index (χ1n) is 7.81. The molecule has 0 radical (unpaired) electrons. The fraction of sp³-hybridized carbons (Fsp3) is 0.529. The molecule has 2 aliphatic heterocycles. The lowest BCUT2D eigenvalue weighted by atomic mass is 10.1. The van der Waals surface area contributed by atoms with E-state index in [4.69, 9.17) is 9.73 Å². The summed E-state index contributed by atoms with van der Waals surface area (Å²) in [4.78, 5) is 20.8. The first-order valence-corrected chi connectivity index (χ1v) is 7.81. The molecular weight excluding hydrogens is 278 g/mol. The number of piperazine rings is 1. The summed E-state index contributed by atoms with van der Waals surface area (Å²) in [5.74, 6) is 1.12. The van der Waals surface area contributed by atoms with Gasteiger partial charge >= 0.3 is 6.09 Å². The highest BCUT2D eigenvalue weighted by Crippen LogP contribution is 2.27. The number of nitrogens with zero attached hydrogens (tertiary/aromatic N) is 3. The van der Waals surface area contributed by atoms with E-state index < -0.39 is 5.60 Å². The van der Waals surface area contributed by atoms with Gasteiger partial charge in [0.1, 0.15) is 11.4 Å². The number of carbonyl (C=O) groups excluding carboxylic acids is 1. The second-order valence-electron chi connectivity index (χ2n) is 6.79. The van der Waals surface area contributed by atoms with Crippen LogP contribution in [0.1, 0.15) is 26.3 Å². The van der Waals surface area contributed by atoms with E-state index in [1.165, 1.54) is 5.56 Å². The number of hydrogen-bond donors (Lipinski definition) is 0. The molecule has 5 heteroatoms. The van der Waals surface area contributed by atoms with Crippen molar-refractivity contribution in [3.63, 3.8) is 0 Å². The van der Waals surface area contributed by atoms with E-state index in [0.29, 0.717) is 13.1 Å². The molecule has 1 aromatic rings. The normalized spacial score (nSPS) is 18.0. The zero-order chi connectivity index (χ0) is 15.7. The number of fused-ring (bicyclic) bond motifs is 1. The van der Waals surface area contributed by atoms with Gasteiger partial charge in [0, 0.05) is 32.6 Å². The molecule has 0 saturated carbocycles. The maximum Gasteiger partial charge on any atom is 0.410 e. The second-order valence-corrected chi connectivity index (χ2v) is 6.79. The number of para-hydroxylation sites is 1. The molecule has 0 bridgehead atoms. The standard InChI is InChI=1S/C17H23N3O2/c1-17(2,3)22-16(21)20-10-8-19(9-11-20)15-12-13-6-4-5-7-14(13)18-15/h4-7H,8-12H2,1-3H3. The van der Waals surface area contributed by atoms with Crippen molar-refractivity contribution in [1.29, 1.82) is 0 Å². The van der Waals surface area contributed by atoms with Gasteiger partial charge in [0.2, 0.25) is 0 Å². The summed E-state index contributed by atoms with van der Waals surface area (Å²) in [5, 5.41) is 0. The maximum absolute atomic E-state index is 12.1. The first kappa shape index (κ1) is 14.9. The third-order valence-corrected chi connectivity index (χ3v) is 3.89. The van der Waals surface area contributed by atoms with Gasteiger partial charge in [-0.1, -0.05) is 18.2 Å². The number of amidine groups is 1. The molecule has 1 saturated heterocycles. The van der Waals surface area contributed by atoms with Crippen molar-refractivity contribution in [3.8, 4) is 0 Å². The predicted octanol–water partition coefficient (Wildman–Crippen LogP) is 2.83. The van der Waals surface area contributed by atoms with Gasteiger partial charge < -0.3 is 14.5 Å². The van der Waals surface area contributed by atoms with Crippen LogP contribution in [0.4, 0.5) is 10.5 Å². The molecule has 1 aromatic carbocycles. The quantitative estimate of drug-likeness (QED) is 0.740. The highest BCUT2D eigenvalue weighted by atomic mass is 16.6. The monoisotopic (exact) mass is 301 g/mol. The first-order chi connectivity index (χ1) is 10.4. The second kappa shape index (κ2) is 5.63. The zero-order valence-electron chi connectivity index (χ0n) is 13.5. The molecule has 0 aliphatic carbocycles. The minimum Gasteiger partial charge on any atom is -0.444 e. The average Bonchev–Trinajstić information content (AvgIpc) is 2.89. The number of carbonyl (C=O) groups is 1. The Labute approximate surface area is 131 Å². The third kappa shape index (κ3) is 3.24. The van der Waals surface area contributed by atoms with Gasteiger partial charge in [0.15, 0.2) is 0 Å². The van der Waals surface area contributed by atoms with Crippen LogP contribution in [0.5, 0.6) is 0 Å². The fourth-order valence-corrected chi connectivity index (χ4v) is 2.77. The van der Waals surface area contributed by atoms with Crippen molar-refractivity contribution >= 4 is 17.6 Å². The van der Waals surface area contributed by atoms with E-state index in [9.17, 15) is 4.79 Å². The van der Waals surface area contributed by atoms with Gasteiger partial charge in [-0.15, -0.1) is 0 Å². The number of ether oxygens (including phenoxy) is 1. The molecule has 2 aliphatic rings. The number of rotatable bonds is 0. The molecule has 1 fully saturated rings. The Morgan fingerprint density at radius 3 is 2.45 bits per heavy atom. The van der Waals surface area contributed by atoms with Crippen LogP contribution in [0.3, 0.4) is 0 Å². The maximum atomic E-state index is 12.1. The molecule has 1 amide bonds. The van der Waals surface area contributed by atoms with Crippen molar-refractivity contribution in [2.75, 3.05) is 26.2 Å². The number of benzene rings is 1. The summed E-state index contributed by atoms with van der Waals surface area (Å²) < 4.78 is 5.43. The minimum atomic E-state index is -0.439. The van der Waals surface area contributed by atoms with Crippen LogP contribution < -0.4 is 0 Å². The smallest absolute Gasteiger partial charge is 0.410 e. The van der Waals surface area contributed by atoms with E-state index in [0.717, 1.165) is 31.0 Å². The summed E-state index contributed by atoms with van der Waals surface area (Å²) >= 11 is 0. The molecule has 5 nitrogen and oxygen atoms in total. The third-order valence-electron chi connectivity index (χ3n) is 3.89. The molecule has 118 valence electrons. The SMILES string of the molecule is CC(C)(C)OC(=O)N1CCN(C2=Nc3ccccc3C2)CC1. The molecule has 3 rings (SSSR count). The predicted molar refractivity (Wildman–Crippen MR) is 86.6 cm³/mol. The lowest BCUT2D eigenvalue weighted by Gasteiger charge is -2.36. The molecule has 0 atom stereocenters.